The van der Waals surface area contributed by atoms with Gasteiger partial charge in [-0.25, -0.2) is 0 Å². The fraction of sp³-hybridized carbons (Fsp3) is 0.300. The molecule has 0 aliphatic heterocycles. The van der Waals surface area contributed by atoms with E-state index < -0.39 is 22.9 Å². The van der Waals surface area contributed by atoms with E-state index in [4.69, 9.17) is 21.1 Å². The molecule has 2 aromatic carbocycles. The van der Waals surface area contributed by atoms with Crippen LogP contribution in [0.25, 0.3) is 0 Å². The van der Waals surface area contributed by atoms with E-state index >= 15 is 0 Å². The number of amides is 1. The third kappa shape index (κ3) is 6.76. The van der Waals surface area contributed by atoms with Gasteiger partial charge in [0.1, 0.15) is 11.4 Å². The van der Waals surface area contributed by atoms with E-state index in [1.54, 1.807) is 24.3 Å². The van der Waals surface area contributed by atoms with Crippen molar-refractivity contribution in [2.75, 3.05) is 11.9 Å². The largest absolute Gasteiger partial charge is 0.494 e. The summed E-state index contributed by atoms with van der Waals surface area (Å²) >= 11 is 5.95. The van der Waals surface area contributed by atoms with Crippen molar-refractivity contribution in [2.45, 2.75) is 32.8 Å². The number of ether oxygens (including phenoxy) is 2. The molecule has 8 nitrogen and oxygen atoms in total. The van der Waals surface area contributed by atoms with Gasteiger partial charge in [-0.2, -0.15) is 0 Å². The summed E-state index contributed by atoms with van der Waals surface area (Å²) in [5.41, 5.74) is 0.688. The van der Waals surface area contributed by atoms with Crippen LogP contribution in [0.2, 0.25) is 5.02 Å². The highest BCUT2D eigenvalue weighted by Gasteiger charge is 2.21. The summed E-state index contributed by atoms with van der Waals surface area (Å²) in [6.45, 7) is 3.56. The number of hydrogen-bond acceptors (Lipinski definition) is 6. The SMILES string of the molecule is Cc1cc(OCCCC(=O)O[C@@H](C)C(=O)Nc2ccccc2[N+](=O)[O-])ccc1Cl. The first kappa shape index (κ1) is 22.2. The molecule has 0 saturated carbocycles. The van der Waals surface area contributed by atoms with Crippen molar-refractivity contribution in [3.63, 3.8) is 0 Å². The number of aryl methyl sites for hydroxylation is 1. The Morgan fingerprint density at radius 2 is 1.97 bits per heavy atom. The molecule has 154 valence electrons. The number of carbonyl (C=O) groups is 2. The summed E-state index contributed by atoms with van der Waals surface area (Å²) in [7, 11) is 0. The van der Waals surface area contributed by atoms with Crippen molar-refractivity contribution in [3.05, 3.63) is 63.2 Å². The van der Waals surface area contributed by atoms with Gasteiger partial charge >= 0.3 is 5.97 Å². The first-order valence-electron chi connectivity index (χ1n) is 8.90. The fourth-order valence-electron chi connectivity index (χ4n) is 2.40. The van der Waals surface area contributed by atoms with Gasteiger partial charge in [-0.3, -0.25) is 19.7 Å². The quantitative estimate of drug-likeness (QED) is 0.280. The number of benzene rings is 2. The molecule has 29 heavy (non-hydrogen) atoms. The second-order valence-electron chi connectivity index (χ2n) is 6.26. The molecule has 0 saturated heterocycles. The van der Waals surface area contributed by atoms with Gasteiger partial charge in [-0.15, -0.1) is 0 Å². The maximum atomic E-state index is 12.2. The van der Waals surface area contributed by atoms with Crippen LogP contribution >= 0.6 is 11.6 Å². The summed E-state index contributed by atoms with van der Waals surface area (Å²) in [5, 5.41) is 14.0. The molecule has 0 fully saturated rings. The van der Waals surface area contributed by atoms with Gasteiger partial charge in [0.05, 0.1) is 11.5 Å². The summed E-state index contributed by atoms with van der Waals surface area (Å²) in [4.78, 5) is 34.4. The lowest BCUT2D eigenvalue weighted by atomic mass is 10.2. The number of hydrogen-bond donors (Lipinski definition) is 1. The van der Waals surface area contributed by atoms with Gasteiger partial charge in [0.25, 0.3) is 11.6 Å². The molecule has 0 spiro atoms. The number of nitro groups is 1. The van der Waals surface area contributed by atoms with Crippen molar-refractivity contribution in [2.24, 2.45) is 0 Å². The molecular weight excluding hydrogens is 400 g/mol. The molecular formula is C20H21ClN2O6. The van der Waals surface area contributed by atoms with Crippen molar-refractivity contribution < 1.29 is 24.0 Å². The standard InChI is InChI=1S/C20H21ClN2O6/c1-13-12-15(9-10-16(13)21)28-11-5-8-19(24)29-14(2)20(25)22-17-6-3-4-7-18(17)23(26)27/h3-4,6-7,9-10,12,14H,5,8,11H2,1-2H3,(H,22,25)/t14-/m0/s1. The van der Waals surface area contributed by atoms with E-state index in [1.165, 1.54) is 25.1 Å². The average molecular weight is 421 g/mol. The summed E-state index contributed by atoms with van der Waals surface area (Å²) < 4.78 is 10.6. The van der Waals surface area contributed by atoms with Gasteiger partial charge in [0.15, 0.2) is 6.10 Å². The van der Waals surface area contributed by atoms with Crippen LogP contribution in [0.5, 0.6) is 5.75 Å². The molecule has 0 aliphatic rings. The maximum Gasteiger partial charge on any atom is 0.306 e. The normalized spacial score (nSPS) is 11.4. The van der Waals surface area contributed by atoms with Crippen molar-refractivity contribution in [1.29, 1.82) is 0 Å². The predicted octanol–water partition coefficient (Wildman–Crippen LogP) is 4.29. The lowest BCUT2D eigenvalue weighted by Crippen LogP contribution is -2.30. The zero-order valence-corrected chi connectivity index (χ0v) is 16.8. The van der Waals surface area contributed by atoms with Crippen LogP contribution in [0, 0.1) is 17.0 Å². The van der Waals surface area contributed by atoms with Gasteiger partial charge in [-0.1, -0.05) is 23.7 Å². The second kappa shape index (κ2) is 10.4. The van der Waals surface area contributed by atoms with Gasteiger partial charge in [0.2, 0.25) is 0 Å². The van der Waals surface area contributed by atoms with Crippen molar-refractivity contribution in [3.8, 4) is 5.75 Å². The lowest BCUT2D eigenvalue weighted by Gasteiger charge is -2.14. The fourth-order valence-corrected chi connectivity index (χ4v) is 2.51. The average Bonchev–Trinajstić information content (AvgIpc) is 2.68. The van der Waals surface area contributed by atoms with Crippen LogP contribution < -0.4 is 10.1 Å². The Balaban J connectivity index is 1.76. The van der Waals surface area contributed by atoms with Crippen LogP contribution in [0.1, 0.15) is 25.3 Å². The molecule has 0 bridgehead atoms. The molecule has 2 aromatic rings. The van der Waals surface area contributed by atoms with E-state index in [0.29, 0.717) is 23.8 Å². The topological polar surface area (TPSA) is 108 Å². The third-order valence-corrected chi connectivity index (χ3v) is 4.38. The van der Waals surface area contributed by atoms with E-state index in [-0.39, 0.29) is 17.8 Å². The Labute approximate surface area is 172 Å². The van der Waals surface area contributed by atoms with Crippen LogP contribution in [-0.4, -0.2) is 29.5 Å². The highest BCUT2D eigenvalue weighted by molar-refractivity contribution is 6.31. The van der Waals surface area contributed by atoms with Crippen LogP contribution in [0.15, 0.2) is 42.5 Å². The smallest absolute Gasteiger partial charge is 0.306 e. The minimum atomic E-state index is -1.10. The highest BCUT2D eigenvalue weighted by Crippen LogP contribution is 2.23. The van der Waals surface area contributed by atoms with E-state index in [0.717, 1.165) is 5.56 Å². The van der Waals surface area contributed by atoms with Crippen molar-refractivity contribution >= 4 is 34.9 Å². The highest BCUT2D eigenvalue weighted by atomic mass is 35.5. The van der Waals surface area contributed by atoms with Gasteiger partial charge in [-0.05, 0) is 50.1 Å². The number of nitrogens with one attached hydrogen (secondary N) is 1. The molecule has 0 aliphatic carbocycles. The Morgan fingerprint density at radius 3 is 2.66 bits per heavy atom. The number of halogens is 1. The summed E-state index contributed by atoms with van der Waals surface area (Å²) in [6, 6.07) is 11.0. The molecule has 1 atom stereocenters. The number of carbonyl (C=O) groups excluding carboxylic acids is 2. The molecule has 1 N–H and O–H groups in total. The van der Waals surface area contributed by atoms with Crippen LogP contribution in [-0.2, 0) is 14.3 Å². The first-order valence-corrected chi connectivity index (χ1v) is 9.28. The second-order valence-corrected chi connectivity index (χ2v) is 6.67. The Morgan fingerprint density at radius 1 is 1.24 bits per heavy atom. The Hall–Kier alpha value is -3.13. The van der Waals surface area contributed by atoms with E-state index in [1.807, 2.05) is 6.92 Å². The number of esters is 1. The molecule has 0 heterocycles. The molecule has 0 unspecified atom stereocenters. The number of nitro benzene ring substituents is 1. The van der Waals surface area contributed by atoms with Crippen molar-refractivity contribution in [1.82, 2.24) is 0 Å². The Bertz CT molecular complexity index is 902. The summed E-state index contributed by atoms with van der Waals surface area (Å²) in [6.07, 6.45) is -0.628. The molecule has 2 rings (SSSR count). The Kier molecular flexibility index (Phi) is 7.97. The molecule has 0 radical (unpaired) electrons. The zero-order chi connectivity index (χ0) is 21.4. The molecule has 9 heteroatoms. The van der Waals surface area contributed by atoms with Gasteiger partial charge < -0.3 is 14.8 Å². The number of para-hydroxylation sites is 2. The minimum absolute atomic E-state index is 0.0389. The predicted molar refractivity (Wildman–Crippen MR) is 108 cm³/mol. The zero-order valence-electron chi connectivity index (χ0n) is 16.0. The maximum absolute atomic E-state index is 12.2. The van der Waals surface area contributed by atoms with Crippen LogP contribution in [0.3, 0.4) is 0 Å². The lowest BCUT2D eigenvalue weighted by molar-refractivity contribution is -0.383. The van der Waals surface area contributed by atoms with Crippen LogP contribution in [0.4, 0.5) is 11.4 Å². The third-order valence-electron chi connectivity index (χ3n) is 3.96. The molecule has 0 aromatic heterocycles. The number of rotatable bonds is 9. The molecule has 1 amide bonds. The number of anilines is 1. The van der Waals surface area contributed by atoms with E-state index in [2.05, 4.69) is 5.32 Å². The monoisotopic (exact) mass is 420 g/mol. The minimum Gasteiger partial charge on any atom is -0.494 e. The van der Waals surface area contributed by atoms with Gasteiger partial charge in [0, 0.05) is 17.5 Å². The number of nitrogens with zero attached hydrogens (tertiary/aromatic N) is 1. The first-order chi connectivity index (χ1) is 13.8. The van der Waals surface area contributed by atoms with E-state index in [9.17, 15) is 19.7 Å². The summed E-state index contributed by atoms with van der Waals surface area (Å²) in [5.74, 6) is -0.566.